The van der Waals surface area contributed by atoms with Gasteiger partial charge in [-0.15, -0.1) is 0 Å². The number of amides is 1. The molecule has 0 atom stereocenters. The summed E-state index contributed by atoms with van der Waals surface area (Å²) >= 11 is 0. The summed E-state index contributed by atoms with van der Waals surface area (Å²) in [4.78, 5) is 14.8. The van der Waals surface area contributed by atoms with Crippen LogP contribution in [0.25, 0.3) is 0 Å². The lowest BCUT2D eigenvalue weighted by Crippen LogP contribution is -2.42. The highest BCUT2D eigenvalue weighted by Gasteiger charge is 2.31. The van der Waals surface area contributed by atoms with Gasteiger partial charge in [0.2, 0.25) is 15.9 Å². The molecule has 0 bridgehead atoms. The second-order valence-electron chi connectivity index (χ2n) is 8.12. The van der Waals surface area contributed by atoms with E-state index in [0.29, 0.717) is 31.1 Å². The molecule has 2 aliphatic heterocycles. The largest absolute Gasteiger partial charge is 0.338 e. The molecule has 2 heterocycles. The third kappa shape index (κ3) is 3.75. The lowest BCUT2D eigenvalue weighted by atomic mass is 9.92. The SMILES string of the molecule is CC(C)(C)C(=O)N1CCc2ccc(S(=O)(=O)N3CCCCC3)cc2C1. The summed E-state index contributed by atoms with van der Waals surface area (Å²) in [7, 11) is -3.43. The van der Waals surface area contributed by atoms with Gasteiger partial charge >= 0.3 is 0 Å². The van der Waals surface area contributed by atoms with Gasteiger partial charge in [-0.3, -0.25) is 4.79 Å². The molecule has 138 valence electrons. The van der Waals surface area contributed by atoms with Crippen molar-refractivity contribution in [3.8, 4) is 0 Å². The third-order valence-corrected chi connectivity index (χ3v) is 6.97. The Kier molecular flexibility index (Phi) is 4.95. The maximum absolute atomic E-state index is 12.9. The topological polar surface area (TPSA) is 57.7 Å². The average molecular weight is 365 g/mol. The Bertz CT molecular complexity index is 759. The first-order valence-electron chi connectivity index (χ1n) is 9.11. The Labute approximate surface area is 151 Å². The molecule has 2 aliphatic rings. The quantitative estimate of drug-likeness (QED) is 0.811. The first-order valence-corrected chi connectivity index (χ1v) is 10.5. The van der Waals surface area contributed by atoms with Crippen LogP contribution >= 0.6 is 0 Å². The number of rotatable bonds is 2. The van der Waals surface area contributed by atoms with E-state index < -0.39 is 15.4 Å². The molecule has 6 heteroatoms. The van der Waals surface area contributed by atoms with Gasteiger partial charge in [-0.2, -0.15) is 4.31 Å². The number of benzene rings is 1. The molecule has 1 saturated heterocycles. The van der Waals surface area contributed by atoms with Crippen molar-refractivity contribution in [2.45, 2.75) is 57.9 Å². The number of fused-ring (bicyclic) bond motifs is 1. The van der Waals surface area contributed by atoms with Gasteiger partial charge in [0.1, 0.15) is 0 Å². The molecule has 0 radical (unpaired) electrons. The lowest BCUT2D eigenvalue weighted by molar-refractivity contribution is -0.140. The first kappa shape index (κ1) is 18.4. The molecule has 3 rings (SSSR count). The van der Waals surface area contributed by atoms with Gasteiger partial charge in [0.25, 0.3) is 0 Å². The molecule has 0 aliphatic carbocycles. The summed E-state index contributed by atoms with van der Waals surface area (Å²) in [6, 6.07) is 5.43. The fourth-order valence-electron chi connectivity index (χ4n) is 3.60. The van der Waals surface area contributed by atoms with E-state index in [0.717, 1.165) is 36.8 Å². The van der Waals surface area contributed by atoms with Crippen molar-refractivity contribution >= 4 is 15.9 Å². The van der Waals surface area contributed by atoms with Crippen LogP contribution in [0.4, 0.5) is 0 Å². The number of nitrogens with zero attached hydrogens (tertiary/aromatic N) is 2. The zero-order valence-electron chi connectivity index (χ0n) is 15.4. The predicted molar refractivity (Wildman–Crippen MR) is 97.6 cm³/mol. The molecule has 0 unspecified atom stereocenters. The summed E-state index contributed by atoms with van der Waals surface area (Å²) in [5.74, 6) is 0.113. The van der Waals surface area contributed by atoms with Gasteiger partial charge in [0.15, 0.2) is 0 Å². The standard InChI is InChI=1S/C19H28N2O3S/c1-19(2,3)18(22)20-12-9-15-7-8-17(13-16(15)14-20)25(23,24)21-10-5-4-6-11-21/h7-8,13H,4-6,9-12,14H2,1-3H3. The number of sulfonamides is 1. The van der Waals surface area contributed by atoms with Crippen LogP contribution in [0, 0.1) is 5.41 Å². The van der Waals surface area contributed by atoms with E-state index in [1.165, 1.54) is 0 Å². The highest BCUT2D eigenvalue weighted by molar-refractivity contribution is 7.89. The van der Waals surface area contributed by atoms with Crippen LogP contribution in [-0.2, 0) is 27.8 Å². The minimum Gasteiger partial charge on any atom is -0.338 e. The minimum absolute atomic E-state index is 0.113. The van der Waals surface area contributed by atoms with E-state index >= 15 is 0 Å². The fourth-order valence-corrected chi connectivity index (χ4v) is 5.16. The van der Waals surface area contributed by atoms with Crippen LogP contribution in [0.5, 0.6) is 0 Å². The second-order valence-corrected chi connectivity index (χ2v) is 10.1. The molecule has 0 saturated carbocycles. The Morgan fingerprint density at radius 2 is 1.68 bits per heavy atom. The van der Waals surface area contributed by atoms with Gasteiger partial charge in [0.05, 0.1) is 4.90 Å². The summed E-state index contributed by atoms with van der Waals surface area (Å²) in [5, 5.41) is 0. The normalized spacial score (nSPS) is 19.6. The van der Waals surface area contributed by atoms with E-state index in [9.17, 15) is 13.2 Å². The molecule has 0 aromatic heterocycles. The summed E-state index contributed by atoms with van der Waals surface area (Å²) in [6.07, 6.45) is 3.73. The molecular formula is C19H28N2O3S. The number of carbonyl (C=O) groups is 1. The molecule has 1 aromatic rings. The third-order valence-electron chi connectivity index (χ3n) is 5.07. The highest BCUT2D eigenvalue weighted by atomic mass is 32.2. The Morgan fingerprint density at radius 1 is 1.00 bits per heavy atom. The second kappa shape index (κ2) is 6.72. The summed E-state index contributed by atoms with van der Waals surface area (Å²) in [5.41, 5.74) is 1.69. The monoisotopic (exact) mass is 364 g/mol. The smallest absolute Gasteiger partial charge is 0.243 e. The van der Waals surface area contributed by atoms with Crippen molar-refractivity contribution in [2.24, 2.45) is 5.41 Å². The van der Waals surface area contributed by atoms with Crippen molar-refractivity contribution in [3.05, 3.63) is 29.3 Å². The summed E-state index contributed by atoms with van der Waals surface area (Å²) in [6.45, 7) is 8.16. The molecule has 0 N–H and O–H groups in total. The van der Waals surface area contributed by atoms with Crippen LogP contribution in [0.15, 0.2) is 23.1 Å². The van der Waals surface area contributed by atoms with Crippen LogP contribution in [0.3, 0.4) is 0 Å². The predicted octanol–water partition coefficient (Wildman–Crippen LogP) is 2.79. The van der Waals surface area contributed by atoms with E-state index in [2.05, 4.69) is 0 Å². The minimum atomic E-state index is -3.43. The van der Waals surface area contributed by atoms with Crippen molar-refractivity contribution in [2.75, 3.05) is 19.6 Å². The highest BCUT2D eigenvalue weighted by Crippen LogP contribution is 2.28. The molecule has 0 spiro atoms. The van der Waals surface area contributed by atoms with Gasteiger partial charge in [-0.1, -0.05) is 33.3 Å². The lowest BCUT2D eigenvalue weighted by Gasteiger charge is -2.34. The fraction of sp³-hybridized carbons (Fsp3) is 0.632. The Morgan fingerprint density at radius 3 is 2.32 bits per heavy atom. The van der Waals surface area contributed by atoms with Crippen molar-refractivity contribution in [1.29, 1.82) is 0 Å². The van der Waals surface area contributed by atoms with Crippen molar-refractivity contribution in [1.82, 2.24) is 9.21 Å². The zero-order valence-corrected chi connectivity index (χ0v) is 16.2. The number of hydrogen-bond acceptors (Lipinski definition) is 3. The van der Waals surface area contributed by atoms with Crippen LogP contribution < -0.4 is 0 Å². The van der Waals surface area contributed by atoms with E-state index in [-0.39, 0.29) is 5.91 Å². The van der Waals surface area contributed by atoms with E-state index in [1.54, 1.807) is 16.4 Å². The zero-order chi connectivity index (χ0) is 18.2. The molecule has 1 amide bonds. The van der Waals surface area contributed by atoms with Gasteiger partial charge in [-0.25, -0.2) is 8.42 Å². The molecule has 25 heavy (non-hydrogen) atoms. The molecule has 1 aromatic carbocycles. The van der Waals surface area contributed by atoms with Crippen molar-refractivity contribution in [3.63, 3.8) is 0 Å². The molecular weight excluding hydrogens is 336 g/mol. The van der Waals surface area contributed by atoms with Gasteiger partial charge < -0.3 is 4.90 Å². The number of hydrogen-bond donors (Lipinski definition) is 0. The van der Waals surface area contributed by atoms with E-state index in [1.807, 2.05) is 31.7 Å². The maximum Gasteiger partial charge on any atom is 0.243 e. The molecule has 5 nitrogen and oxygen atoms in total. The van der Waals surface area contributed by atoms with Crippen LogP contribution in [-0.4, -0.2) is 43.2 Å². The average Bonchev–Trinajstić information content (AvgIpc) is 2.60. The van der Waals surface area contributed by atoms with E-state index in [4.69, 9.17) is 0 Å². The first-order chi connectivity index (χ1) is 11.7. The molecule has 1 fully saturated rings. The number of carbonyl (C=O) groups excluding carboxylic acids is 1. The Hall–Kier alpha value is -1.40. The maximum atomic E-state index is 12.9. The van der Waals surface area contributed by atoms with Crippen LogP contribution in [0.1, 0.15) is 51.2 Å². The number of piperidine rings is 1. The van der Waals surface area contributed by atoms with Gasteiger partial charge in [0, 0.05) is 31.6 Å². The Balaban J connectivity index is 1.86. The van der Waals surface area contributed by atoms with Gasteiger partial charge in [-0.05, 0) is 42.5 Å². The van der Waals surface area contributed by atoms with Crippen molar-refractivity contribution < 1.29 is 13.2 Å². The van der Waals surface area contributed by atoms with Crippen LogP contribution in [0.2, 0.25) is 0 Å². The summed E-state index contributed by atoms with van der Waals surface area (Å²) < 4.78 is 27.4.